The highest BCUT2D eigenvalue weighted by atomic mass is 35.5. The van der Waals surface area contributed by atoms with E-state index in [-0.39, 0.29) is 12.3 Å². The first-order chi connectivity index (χ1) is 6.18. The molecule has 0 radical (unpaired) electrons. The molecule has 68 valence electrons. The number of carbonyl (C=O) groups excluding carboxylic acids is 1. The van der Waals surface area contributed by atoms with Crippen LogP contribution in [0.3, 0.4) is 0 Å². The summed E-state index contributed by atoms with van der Waals surface area (Å²) in [6.07, 6.45) is 5.16. The molecule has 1 aromatic heterocycles. The van der Waals surface area contributed by atoms with Crippen LogP contribution in [0.25, 0.3) is 6.08 Å². The van der Waals surface area contributed by atoms with Gasteiger partial charge in [0, 0.05) is 12.6 Å². The van der Waals surface area contributed by atoms with E-state index in [0.717, 1.165) is 5.69 Å². The molecule has 0 aliphatic carbocycles. The molecule has 2 N–H and O–H groups in total. The van der Waals surface area contributed by atoms with Crippen LogP contribution >= 0.6 is 11.6 Å². The van der Waals surface area contributed by atoms with Gasteiger partial charge >= 0.3 is 0 Å². The zero-order chi connectivity index (χ0) is 9.68. The van der Waals surface area contributed by atoms with Gasteiger partial charge in [-0.05, 0) is 18.2 Å². The Kier molecular flexibility index (Phi) is 3.46. The number of primary amides is 1. The fourth-order valence-corrected chi connectivity index (χ4v) is 0.893. The molecule has 1 heterocycles. The number of aromatic nitrogens is 1. The quantitative estimate of drug-likeness (QED) is 0.799. The minimum Gasteiger partial charge on any atom is -0.369 e. The zero-order valence-corrected chi connectivity index (χ0v) is 7.66. The molecule has 0 aliphatic heterocycles. The fraction of sp³-hybridized carbons (Fsp3) is 0.111. The SMILES string of the molecule is NC(=O)CC=Cc1ccc(Cl)cn1. The van der Waals surface area contributed by atoms with Gasteiger partial charge < -0.3 is 5.73 Å². The van der Waals surface area contributed by atoms with Gasteiger partial charge in [-0.25, -0.2) is 0 Å². The number of hydrogen-bond acceptors (Lipinski definition) is 2. The summed E-state index contributed by atoms with van der Waals surface area (Å²) in [5.74, 6) is -0.356. The normalized spacial score (nSPS) is 10.5. The van der Waals surface area contributed by atoms with Crippen LogP contribution in [0.1, 0.15) is 12.1 Å². The lowest BCUT2D eigenvalue weighted by atomic mass is 10.3. The van der Waals surface area contributed by atoms with E-state index in [1.54, 1.807) is 30.5 Å². The van der Waals surface area contributed by atoms with Gasteiger partial charge in [-0.15, -0.1) is 0 Å². The Hall–Kier alpha value is -1.35. The second-order valence-electron chi connectivity index (χ2n) is 2.47. The van der Waals surface area contributed by atoms with Crippen LogP contribution in [0.15, 0.2) is 24.4 Å². The smallest absolute Gasteiger partial charge is 0.221 e. The van der Waals surface area contributed by atoms with Crippen molar-refractivity contribution in [1.29, 1.82) is 0 Å². The molecule has 1 rings (SSSR count). The lowest BCUT2D eigenvalue weighted by molar-refractivity contribution is -0.117. The minimum atomic E-state index is -0.356. The first-order valence-electron chi connectivity index (χ1n) is 3.75. The summed E-state index contributed by atoms with van der Waals surface area (Å²) < 4.78 is 0. The maximum absolute atomic E-state index is 10.4. The van der Waals surface area contributed by atoms with Gasteiger partial charge in [0.25, 0.3) is 0 Å². The summed E-state index contributed by atoms with van der Waals surface area (Å²) in [6.45, 7) is 0. The van der Waals surface area contributed by atoms with E-state index in [9.17, 15) is 4.79 Å². The van der Waals surface area contributed by atoms with Crippen molar-refractivity contribution >= 4 is 23.6 Å². The summed E-state index contributed by atoms with van der Waals surface area (Å²) >= 11 is 5.64. The Bertz CT molecular complexity index is 319. The highest BCUT2D eigenvalue weighted by Crippen LogP contribution is 2.07. The van der Waals surface area contributed by atoms with Crippen LogP contribution < -0.4 is 5.73 Å². The molecule has 0 aliphatic rings. The average molecular weight is 197 g/mol. The third-order valence-corrected chi connectivity index (χ3v) is 1.58. The Balaban J connectivity index is 2.59. The summed E-state index contributed by atoms with van der Waals surface area (Å²) in [5.41, 5.74) is 5.70. The van der Waals surface area contributed by atoms with E-state index in [1.807, 2.05) is 0 Å². The maximum Gasteiger partial charge on any atom is 0.221 e. The molecule has 0 atom stereocenters. The van der Waals surface area contributed by atoms with Gasteiger partial charge in [0.05, 0.1) is 10.7 Å². The van der Waals surface area contributed by atoms with Crippen molar-refractivity contribution in [2.75, 3.05) is 0 Å². The molecule has 0 bridgehead atoms. The molecule has 0 unspecified atom stereocenters. The molecule has 0 aromatic carbocycles. The number of nitrogens with zero attached hydrogens (tertiary/aromatic N) is 1. The van der Waals surface area contributed by atoms with E-state index >= 15 is 0 Å². The number of carbonyl (C=O) groups is 1. The number of amides is 1. The van der Waals surface area contributed by atoms with Gasteiger partial charge in [-0.3, -0.25) is 9.78 Å². The van der Waals surface area contributed by atoms with E-state index in [1.165, 1.54) is 0 Å². The lowest BCUT2D eigenvalue weighted by Gasteiger charge is -1.91. The number of nitrogens with two attached hydrogens (primary N) is 1. The lowest BCUT2D eigenvalue weighted by Crippen LogP contribution is -2.07. The number of pyridine rings is 1. The summed E-state index contributed by atoms with van der Waals surface area (Å²) in [7, 11) is 0. The second-order valence-corrected chi connectivity index (χ2v) is 2.91. The predicted molar refractivity (Wildman–Crippen MR) is 52.1 cm³/mol. The van der Waals surface area contributed by atoms with Crippen LogP contribution in [0.2, 0.25) is 5.02 Å². The Morgan fingerprint density at radius 2 is 2.38 bits per heavy atom. The first-order valence-corrected chi connectivity index (χ1v) is 4.12. The molecule has 1 aromatic rings. The van der Waals surface area contributed by atoms with E-state index in [0.29, 0.717) is 5.02 Å². The van der Waals surface area contributed by atoms with E-state index in [4.69, 9.17) is 17.3 Å². The van der Waals surface area contributed by atoms with Crippen molar-refractivity contribution in [3.05, 3.63) is 35.1 Å². The minimum absolute atomic E-state index is 0.226. The molecular weight excluding hydrogens is 188 g/mol. The topological polar surface area (TPSA) is 56.0 Å². The third kappa shape index (κ3) is 3.71. The molecule has 13 heavy (non-hydrogen) atoms. The molecular formula is C9H9ClN2O. The van der Waals surface area contributed by atoms with Crippen LogP contribution in [0, 0.1) is 0 Å². The second kappa shape index (κ2) is 4.62. The summed E-state index contributed by atoms with van der Waals surface area (Å²) in [5, 5.41) is 0.590. The predicted octanol–water partition coefficient (Wildman–Crippen LogP) is 1.62. The molecule has 0 saturated carbocycles. The summed E-state index contributed by atoms with van der Waals surface area (Å²) in [4.78, 5) is 14.4. The highest BCUT2D eigenvalue weighted by molar-refractivity contribution is 6.30. The van der Waals surface area contributed by atoms with E-state index < -0.39 is 0 Å². The largest absolute Gasteiger partial charge is 0.369 e. The maximum atomic E-state index is 10.4. The van der Waals surface area contributed by atoms with Crippen molar-refractivity contribution in [2.24, 2.45) is 5.73 Å². The van der Waals surface area contributed by atoms with Gasteiger partial charge in [0.1, 0.15) is 0 Å². The van der Waals surface area contributed by atoms with Crippen molar-refractivity contribution in [1.82, 2.24) is 4.98 Å². The Labute approximate surface area is 81.2 Å². The monoisotopic (exact) mass is 196 g/mol. The molecule has 0 spiro atoms. The Morgan fingerprint density at radius 1 is 1.62 bits per heavy atom. The number of halogens is 1. The van der Waals surface area contributed by atoms with E-state index in [2.05, 4.69) is 4.98 Å². The van der Waals surface area contributed by atoms with Gasteiger partial charge in [-0.1, -0.05) is 17.7 Å². The van der Waals surface area contributed by atoms with Gasteiger partial charge in [0.2, 0.25) is 5.91 Å². The van der Waals surface area contributed by atoms with Crippen LogP contribution in [-0.2, 0) is 4.79 Å². The number of hydrogen-bond donors (Lipinski definition) is 1. The van der Waals surface area contributed by atoms with Gasteiger partial charge in [-0.2, -0.15) is 0 Å². The van der Waals surface area contributed by atoms with Crippen LogP contribution in [-0.4, -0.2) is 10.9 Å². The molecule has 0 fully saturated rings. The Morgan fingerprint density at radius 3 is 2.92 bits per heavy atom. The first kappa shape index (κ1) is 9.74. The van der Waals surface area contributed by atoms with Crippen molar-refractivity contribution in [2.45, 2.75) is 6.42 Å². The third-order valence-electron chi connectivity index (χ3n) is 1.36. The molecule has 1 amide bonds. The average Bonchev–Trinajstić information content (AvgIpc) is 2.08. The van der Waals surface area contributed by atoms with Crippen LogP contribution in [0.4, 0.5) is 0 Å². The standard InChI is InChI=1S/C9H9ClN2O/c10-7-4-5-8(12-6-7)2-1-3-9(11)13/h1-2,4-6H,3H2,(H2,11,13). The van der Waals surface area contributed by atoms with Crippen molar-refractivity contribution in [3.63, 3.8) is 0 Å². The molecule has 0 saturated heterocycles. The van der Waals surface area contributed by atoms with Crippen molar-refractivity contribution in [3.8, 4) is 0 Å². The number of rotatable bonds is 3. The van der Waals surface area contributed by atoms with Crippen molar-refractivity contribution < 1.29 is 4.79 Å². The van der Waals surface area contributed by atoms with Crippen LogP contribution in [0.5, 0.6) is 0 Å². The summed E-state index contributed by atoms with van der Waals surface area (Å²) in [6, 6.07) is 3.50. The van der Waals surface area contributed by atoms with Gasteiger partial charge in [0.15, 0.2) is 0 Å². The zero-order valence-electron chi connectivity index (χ0n) is 6.90. The molecule has 3 nitrogen and oxygen atoms in total. The fourth-order valence-electron chi connectivity index (χ4n) is 0.782. The molecule has 4 heteroatoms. The highest BCUT2D eigenvalue weighted by Gasteiger charge is 1.90.